The molecule has 2 aliphatic heterocycles. The molecule has 0 bridgehead atoms. The van der Waals surface area contributed by atoms with Gasteiger partial charge in [-0.1, -0.05) is 39.0 Å². The van der Waals surface area contributed by atoms with Crippen molar-refractivity contribution in [3.05, 3.63) is 52.3 Å². The van der Waals surface area contributed by atoms with Gasteiger partial charge in [-0.25, -0.2) is 0 Å². The SMILES string of the molecule is CCCCCCCCOc1c(O[C@@H]2O[C@H](CO)[C@H](O)[C@H](O)[C@H]2O)c2ccc(NC(=O)C=Cc3cc(OC)c(O[C@@H]4O[C@H](COC(C)=O)[C@H](OC(C)=O)[C@H](OC(C)=O)[C@H]4OC(C)=O)c(OC)c3)cc2n(C)c1=O. The molecular weight excluding hydrogens is 953 g/mol. The summed E-state index contributed by atoms with van der Waals surface area (Å²) in [6.45, 7) is 5.47. The smallest absolute Gasteiger partial charge is 0.303 e. The maximum absolute atomic E-state index is 13.9. The number of carbonyl (C=O) groups is 5. The van der Waals surface area contributed by atoms with E-state index in [4.69, 9.17) is 52.1 Å². The fourth-order valence-electron chi connectivity index (χ4n) is 8.01. The summed E-state index contributed by atoms with van der Waals surface area (Å²) in [5.74, 6) is -4.21. The molecule has 3 aromatic rings. The number of pyridine rings is 1. The third-order valence-corrected chi connectivity index (χ3v) is 11.5. The van der Waals surface area contributed by atoms with E-state index in [0.717, 1.165) is 59.8 Å². The first-order valence-corrected chi connectivity index (χ1v) is 23.3. The van der Waals surface area contributed by atoms with Gasteiger partial charge in [0.2, 0.25) is 36.1 Å². The number of esters is 4. The second-order valence-corrected chi connectivity index (χ2v) is 16.9. The van der Waals surface area contributed by atoms with Crippen molar-refractivity contribution in [2.45, 2.75) is 135 Å². The number of aliphatic hydroxyl groups excluding tert-OH is 4. The highest BCUT2D eigenvalue weighted by Crippen LogP contribution is 2.42. The van der Waals surface area contributed by atoms with Crippen molar-refractivity contribution in [3.63, 3.8) is 0 Å². The first kappa shape index (κ1) is 56.4. The molecule has 23 heteroatoms. The zero-order chi connectivity index (χ0) is 52.8. The minimum absolute atomic E-state index is 0.0229. The van der Waals surface area contributed by atoms with Gasteiger partial charge >= 0.3 is 23.9 Å². The van der Waals surface area contributed by atoms with Crippen LogP contribution in [0.2, 0.25) is 0 Å². The highest BCUT2D eigenvalue weighted by Gasteiger charge is 2.54. The van der Waals surface area contributed by atoms with E-state index < -0.39 is 110 Å². The fraction of sp³-hybridized carbons (Fsp3) is 0.551. The summed E-state index contributed by atoms with van der Waals surface area (Å²) in [4.78, 5) is 76.1. The molecule has 72 heavy (non-hydrogen) atoms. The maximum atomic E-state index is 13.9. The Morgan fingerprint density at radius 2 is 1.31 bits per heavy atom. The van der Waals surface area contributed by atoms with E-state index in [9.17, 15) is 49.2 Å². The van der Waals surface area contributed by atoms with E-state index in [1.54, 1.807) is 6.07 Å². The molecule has 0 spiro atoms. The van der Waals surface area contributed by atoms with Crippen LogP contribution in [0.3, 0.4) is 0 Å². The number of aryl methyl sites for hydroxylation is 1. The Bertz CT molecular complexity index is 2450. The predicted octanol–water partition coefficient (Wildman–Crippen LogP) is 2.59. The molecule has 2 aliphatic rings. The molecule has 23 nitrogen and oxygen atoms in total. The summed E-state index contributed by atoms with van der Waals surface area (Å²) in [6.07, 6.45) is -7.21. The van der Waals surface area contributed by atoms with Gasteiger partial charge in [0.15, 0.2) is 29.5 Å². The van der Waals surface area contributed by atoms with Crippen LogP contribution in [0.15, 0.2) is 41.2 Å². The van der Waals surface area contributed by atoms with Gasteiger partial charge < -0.3 is 82.4 Å². The highest BCUT2D eigenvalue weighted by molar-refractivity contribution is 6.03. The van der Waals surface area contributed by atoms with Crippen LogP contribution in [0.25, 0.3) is 17.0 Å². The van der Waals surface area contributed by atoms with Gasteiger partial charge in [-0.2, -0.15) is 0 Å². The number of hydrogen-bond acceptors (Lipinski definition) is 21. The predicted molar refractivity (Wildman–Crippen MR) is 252 cm³/mol. The van der Waals surface area contributed by atoms with Crippen LogP contribution in [-0.4, -0.2) is 150 Å². The number of anilines is 1. The Morgan fingerprint density at radius 1 is 0.708 bits per heavy atom. The Balaban J connectivity index is 1.43. The largest absolute Gasteiger partial charge is 0.493 e. The Kier molecular flexibility index (Phi) is 20.6. The molecule has 396 valence electrons. The second kappa shape index (κ2) is 26.3. The number of nitrogens with one attached hydrogen (secondary N) is 1. The number of hydrogen-bond donors (Lipinski definition) is 5. The molecule has 1 aromatic heterocycles. The number of fused-ring (bicyclic) bond motifs is 1. The number of aliphatic hydroxyl groups is 4. The van der Waals surface area contributed by atoms with Gasteiger partial charge in [-0.15, -0.1) is 0 Å². The highest BCUT2D eigenvalue weighted by atomic mass is 16.7. The molecular formula is C49H64N2O21. The van der Waals surface area contributed by atoms with E-state index in [2.05, 4.69) is 12.2 Å². The van der Waals surface area contributed by atoms with Crippen molar-refractivity contribution < 1.29 is 96.5 Å². The average molecular weight is 1020 g/mol. The number of amides is 1. The number of unbranched alkanes of at least 4 members (excludes halogenated alkanes) is 5. The first-order chi connectivity index (χ1) is 34.3. The van der Waals surface area contributed by atoms with E-state index in [1.165, 1.54) is 62.3 Å². The minimum atomic E-state index is -1.79. The van der Waals surface area contributed by atoms with Crippen LogP contribution < -0.4 is 34.6 Å². The molecule has 0 aliphatic carbocycles. The van der Waals surface area contributed by atoms with Crippen molar-refractivity contribution in [2.75, 3.05) is 39.4 Å². The van der Waals surface area contributed by atoms with E-state index in [1.807, 2.05) is 0 Å². The van der Waals surface area contributed by atoms with Crippen molar-refractivity contribution in [2.24, 2.45) is 7.05 Å². The lowest BCUT2D eigenvalue weighted by Crippen LogP contribution is -2.63. The molecule has 10 atom stereocenters. The van der Waals surface area contributed by atoms with Crippen LogP contribution >= 0.6 is 0 Å². The molecule has 2 saturated heterocycles. The molecule has 2 aromatic carbocycles. The molecule has 0 radical (unpaired) electrons. The van der Waals surface area contributed by atoms with Crippen LogP contribution in [0.1, 0.15) is 78.7 Å². The van der Waals surface area contributed by atoms with Gasteiger partial charge in [-0.05, 0) is 48.4 Å². The zero-order valence-electron chi connectivity index (χ0n) is 41.4. The minimum Gasteiger partial charge on any atom is -0.493 e. The molecule has 5 N–H and O–H groups in total. The molecule has 0 saturated carbocycles. The number of aromatic nitrogens is 1. The van der Waals surface area contributed by atoms with Crippen LogP contribution in [0.5, 0.6) is 28.7 Å². The summed E-state index contributed by atoms with van der Waals surface area (Å²) < 4.78 is 64.2. The van der Waals surface area contributed by atoms with Crippen molar-refractivity contribution in [1.82, 2.24) is 4.57 Å². The summed E-state index contributed by atoms with van der Waals surface area (Å²) in [5, 5.41) is 44.5. The van der Waals surface area contributed by atoms with E-state index in [0.29, 0.717) is 17.4 Å². The number of carbonyl (C=O) groups excluding carboxylic acids is 5. The lowest BCUT2D eigenvalue weighted by atomic mass is 9.98. The fourth-order valence-corrected chi connectivity index (χ4v) is 8.01. The topological polar surface area (TPSA) is 302 Å². The normalized spacial score (nSPS) is 23.9. The Morgan fingerprint density at radius 3 is 1.92 bits per heavy atom. The third-order valence-electron chi connectivity index (χ3n) is 11.5. The van der Waals surface area contributed by atoms with Gasteiger partial charge in [-0.3, -0.25) is 28.8 Å². The zero-order valence-corrected chi connectivity index (χ0v) is 41.4. The quantitative estimate of drug-likeness (QED) is 0.0395. The summed E-state index contributed by atoms with van der Waals surface area (Å²) in [6, 6.07) is 7.53. The summed E-state index contributed by atoms with van der Waals surface area (Å²) in [5.41, 5.74) is 0.239. The van der Waals surface area contributed by atoms with Crippen LogP contribution in [0.4, 0.5) is 5.69 Å². The van der Waals surface area contributed by atoms with Crippen molar-refractivity contribution in [1.29, 1.82) is 0 Å². The Hall–Kier alpha value is -6.50. The average Bonchev–Trinajstić information content (AvgIpc) is 3.33. The number of nitrogens with zero attached hydrogens (tertiary/aromatic N) is 1. The monoisotopic (exact) mass is 1020 g/mol. The van der Waals surface area contributed by atoms with E-state index in [-0.39, 0.29) is 46.6 Å². The number of benzene rings is 2. The van der Waals surface area contributed by atoms with Gasteiger partial charge in [0.1, 0.15) is 37.1 Å². The second-order valence-electron chi connectivity index (χ2n) is 16.9. The molecule has 1 amide bonds. The van der Waals surface area contributed by atoms with Crippen molar-refractivity contribution in [3.8, 4) is 28.7 Å². The van der Waals surface area contributed by atoms with Crippen LogP contribution in [-0.2, 0) is 59.4 Å². The number of methoxy groups -OCH3 is 2. The Labute approximate surface area is 414 Å². The lowest BCUT2D eigenvalue weighted by Gasteiger charge is -2.44. The molecule has 3 heterocycles. The number of ether oxygens (including phenoxy) is 11. The van der Waals surface area contributed by atoms with Crippen molar-refractivity contribution >= 4 is 52.5 Å². The summed E-state index contributed by atoms with van der Waals surface area (Å²) in [7, 11) is 4.12. The third kappa shape index (κ3) is 14.3. The number of rotatable bonds is 23. The molecule has 5 rings (SSSR count). The summed E-state index contributed by atoms with van der Waals surface area (Å²) >= 11 is 0. The molecule has 0 unspecified atom stereocenters. The van der Waals surface area contributed by atoms with Gasteiger partial charge in [0.05, 0.1) is 33.0 Å². The lowest BCUT2D eigenvalue weighted by molar-refractivity contribution is -0.288. The standard InChI is InChI=1S/C49H64N2O21/c1-9-10-11-12-13-14-19-64-45-41(71-48-40(60)39(59)38(58)35(23-52)69-48)31-17-16-30(22-32(31)51(6)47(45)61)50-37(57)18-15-29-20-33(62-7)42(34(21-29)63-8)72-49-46(68-28(5)56)44(67-27(4)55)43(66-26(3)54)36(70-49)24-65-25(2)53/h15-18,20-22,35-36,38-40,43-44,46,48-49,52,58-60H,9-14,19,23-24H2,1-8H3,(H,50,57)/t35-,36-,38+,39+,40-,43+,44+,46-,48+,49+/m1/s1. The van der Waals surface area contributed by atoms with Gasteiger partial charge in [0, 0.05) is 51.9 Å². The molecule has 2 fully saturated rings. The van der Waals surface area contributed by atoms with E-state index >= 15 is 0 Å². The van der Waals surface area contributed by atoms with Gasteiger partial charge in [0.25, 0.3) is 5.56 Å². The van der Waals surface area contributed by atoms with Crippen LogP contribution in [0, 0.1) is 0 Å². The maximum Gasteiger partial charge on any atom is 0.303 e. The first-order valence-electron chi connectivity index (χ1n) is 23.3.